The molecule has 0 fully saturated rings. The number of thioether (sulfide) groups is 1. The van der Waals surface area contributed by atoms with Crippen LogP contribution in [0.25, 0.3) is 0 Å². The lowest BCUT2D eigenvalue weighted by Gasteiger charge is -2.11. The quantitative estimate of drug-likeness (QED) is 0.218. The van der Waals surface area contributed by atoms with Crippen molar-refractivity contribution in [2.24, 2.45) is 15.9 Å². The standard InChI is InChI=1S/C23H22N4O4S/c1-30-22-11-10-18(14-25-26-23(24)32-16-17-6-3-2-4-7-17)12-19(22)15-31-21-9-5-8-20(13-21)27(28)29/h2-14H,15-16H2,1H3,(H2,24,26). The number of hydrogen-bond donors (Lipinski definition) is 1. The Morgan fingerprint density at radius 1 is 1.12 bits per heavy atom. The molecule has 0 aliphatic heterocycles. The number of nitrogens with zero attached hydrogens (tertiary/aromatic N) is 3. The predicted molar refractivity (Wildman–Crippen MR) is 127 cm³/mol. The Morgan fingerprint density at radius 3 is 2.69 bits per heavy atom. The highest BCUT2D eigenvalue weighted by Crippen LogP contribution is 2.24. The summed E-state index contributed by atoms with van der Waals surface area (Å²) in [4.78, 5) is 10.5. The second-order valence-corrected chi connectivity index (χ2v) is 7.57. The maximum Gasteiger partial charge on any atom is 0.273 e. The molecule has 9 heteroatoms. The van der Waals surface area contributed by atoms with Crippen molar-refractivity contribution in [1.29, 1.82) is 0 Å². The molecule has 0 bridgehead atoms. The van der Waals surface area contributed by atoms with Gasteiger partial charge in [0.15, 0.2) is 5.17 Å². The Hall–Kier alpha value is -3.85. The van der Waals surface area contributed by atoms with Crippen LogP contribution in [0.1, 0.15) is 16.7 Å². The first-order valence-corrected chi connectivity index (χ1v) is 10.6. The van der Waals surface area contributed by atoms with Crippen LogP contribution in [0.15, 0.2) is 83.0 Å². The van der Waals surface area contributed by atoms with E-state index >= 15 is 0 Å². The average molecular weight is 451 g/mol. The lowest BCUT2D eigenvalue weighted by molar-refractivity contribution is -0.384. The second kappa shape index (κ2) is 11.5. The molecule has 0 unspecified atom stereocenters. The number of hydrogen-bond acceptors (Lipinski definition) is 7. The molecule has 0 radical (unpaired) electrons. The smallest absolute Gasteiger partial charge is 0.273 e. The Kier molecular flexibility index (Phi) is 8.22. The van der Waals surface area contributed by atoms with Crippen LogP contribution in [0, 0.1) is 10.1 Å². The number of nitro benzene ring substituents is 1. The van der Waals surface area contributed by atoms with E-state index < -0.39 is 4.92 Å². The molecule has 0 atom stereocenters. The van der Waals surface area contributed by atoms with E-state index in [4.69, 9.17) is 15.2 Å². The van der Waals surface area contributed by atoms with Gasteiger partial charge in [-0.3, -0.25) is 10.1 Å². The maximum absolute atomic E-state index is 10.9. The molecule has 0 heterocycles. The third-order valence-corrected chi connectivity index (χ3v) is 5.17. The summed E-state index contributed by atoms with van der Waals surface area (Å²) < 4.78 is 11.1. The molecule has 3 rings (SSSR count). The van der Waals surface area contributed by atoms with Crippen LogP contribution in [0.3, 0.4) is 0 Å². The molecule has 0 aliphatic carbocycles. The summed E-state index contributed by atoms with van der Waals surface area (Å²) in [6.07, 6.45) is 1.59. The molecule has 0 aromatic heterocycles. The zero-order valence-electron chi connectivity index (χ0n) is 17.4. The summed E-state index contributed by atoms with van der Waals surface area (Å²) in [6, 6.07) is 21.5. The molecular formula is C23H22N4O4S. The molecular weight excluding hydrogens is 428 g/mol. The lowest BCUT2D eigenvalue weighted by Crippen LogP contribution is -2.06. The Morgan fingerprint density at radius 2 is 1.94 bits per heavy atom. The molecule has 0 aliphatic rings. The largest absolute Gasteiger partial charge is 0.496 e. The number of rotatable bonds is 9. The molecule has 0 spiro atoms. The zero-order valence-corrected chi connectivity index (χ0v) is 18.2. The van der Waals surface area contributed by atoms with Crippen LogP contribution in [0.5, 0.6) is 11.5 Å². The normalized spacial score (nSPS) is 11.5. The van der Waals surface area contributed by atoms with E-state index in [9.17, 15) is 10.1 Å². The van der Waals surface area contributed by atoms with Crippen molar-refractivity contribution in [3.05, 3.63) is 99.6 Å². The van der Waals surface area contributed by atoms with Crippen molar-refractivity contribution in [3.63, 3.8) is 0 Å². The van der Waals surface area contributed by atoms with Gasteiger partial charge >= 0.3 is 0 Å². The minimum Gasteiger partial charge on any atom is -0.496 e. The number of nitrogens with two attached hydrogens (primary N) is 1. The van der Waals surface area contributed by atoms with Crippen molar-refractivity contribution < 1.29 is 14.4 Å². The van der Waals surface area contributed by atoms with Crippen molar-refractivity contribution in [3.8, 4) is 11.5 Å². The Labute approximate surface area is 189 Å². The lowest BCUT2D eigenvalue weighted by atomic mass is 10.1. The van der Waals surface area contributed by atoms with Gasteiger partial charge in [0.1, 0.15) is 18.1 Å². The first-order chi connectivity index (χ1) is 15.5. The molecule has 3 aromatic carbocycles. The van der Waals surface area contributed by atoms with Gasteiger partial charge in [-0.1, -0.05) is 48.2 Å². The van der Waals surface area contributed by atoms with E-state index in [2.05, 4.69) is 10.2 Å². The van der Waals surface area contributed by atoms with Crippen LogP contribution in [0.2, 0.25) is 0 Å². The van der Waals surface area contributed by atoms with Crippen molar-refractivity contribution >= 4 is 28.8 Å². The number of amidine groups is 1. The average Bonchev–Trinajstić information content (AvgIpc) is 2.82. The third-order valence-electron chi connectivity index (χ3n) is 4.32. The van der Waals surface area contributed by atoms with Gasteiger partial charge in [0.25, 0.3) is 5.69 Å². The third kappa shape index (κ3) is 6.85. The maximum atomic E-state index is 10.9. The van der Waals surface area contributed by atoms with Gasteiger partial charge in [-0.15, -0.1) is 5.10 Å². The van der Waals surface area contributed by atoms with Gasteiger partial charge in [0, 0.05) is 17.4 Å². The first kappa shape index (κ1) is 22.8. The number of benzene rings is 3. The molecule has 0 saturated carbocycles. The number of methoxy groups -OCH3 is 1. The van der Waals surface area contributed by atoms with Gasteiger partial charge in [-0.25, -0.2) is 0 Å². The highest BCUT2D eigenvalue weighted by atomic mass is 32.2. The minimum atomic E-state index is -0.463. The van der Waals surface area contributed by atoms with E-state index in [1.165, 1.54) is 23.9 Å². The molecule has 3 aromatic rings. The number of ether oxygens (including phenoxy) is 2. The fraction of sp³-hybridized carbons (Fsp3) is 0.130. The monoisotopic (exact) mass is 450 g/mol. The van der Waals surface area contributed by atoms with Crippen molar-refractivity contribution in [2.75, 3.05) is 7.11 Å². The van der Waals surface area contributed by atoms with E-state index in [0.717, 1.165) is 16.7 Å². The first-order valence-electron chi connectivity index (χ1n) is 9.62. The summed E-state index contributed by atoms with van der Waals surface area (Å²) in [7, 11) is 1.56. The molecule has 164 valence electrons. The van der Waals surface area contributed by atoms with E-state index in [-0.39, 0.29) is 12.3 Å². The summed E-state index contributed by atoms with van der Waals surface area (Å²) in [5.41, 5.74) is 8.59. The highest BCUT2D eigenvalue weighted by Gasteiger charge is 2.09. The topological polar surface area (TPSA) is 112 Å². The van der Waals surface area contributed by atoms with Crippen LogP contribution < -0.4 is 15.2 Å². The summed E-state index contributed by atoms with van der Waals surface area (Å²) in [6.45, 7) is 0.171. The van der Waals surface area contributed by atoms with Crippen molar-refractivity contribution in [2.45, 2.75) is 12.4 Å². The molecule has 2 N–H and O–H groups in total. The van der Waals surface area contributed by atoms with Gasteiger partial charge in [-0.2, -0.15) is 5.10 Å². The Balaban J connectivity index is 1.63. The van der Waals surface area contributed by atoms with Crippen LogP contribution in [-0.2, 0) is 12.4 Å². The summed E-state index contributed by atoms with van der Waals surface area (Å²) in [5, 5.41) is 19.4. The van der Waals surface area contributed by atoms with Crippen LogP contribution in [-0.4, -0.2) is 23.4 Å². The minimum absolute atomic E-state index is 0.0315. The van der Waals surface area contributed by atoms with Gasteiger partial charge in [-0.05, 0) is 35.4 Å². The van der Waals surface area contributed by atoms with Gasteiger partial charge in [0.2, 0.25) is 0 Å². The summed E-state index contributed by atoms with van der Waals surface area (Å²) in [5.74, 6) is 1.75. The van der Waals surface area contributed by atoms with Gasteiger partial charge in [0.05, 0.1) is 24.3 Å². The zero-order chi connectivity index (χ0) is 22.8. The van der Waals surface area contributed by atoms with Gasteiger partial charge < -0.3 is 15.2 Å². The highest BCUT2D eigenvalue weighted by molar-refractivity contribution is 8.13. The fourth-order valence-corrected chi connectivity index (χ4v) is 3.36. The Bertz CT molecular complexity index is 1120. The predicted octanol–water partition coefficient (Wildman–Crippen LogP) is 4.76. The molecule has 8 nitrogen and oxygen atoms in total. The van der Waals surface area contributed by atoms with Crippen molar-refractivity contribution in [1.82, 2.24) is 0 Å². The van der Waals surface area contributed by atoms with E-state index in [1.54, 1.807) is 31.5 Å². The SMILES string of the molecule is COc1ccc(C=NN=C(N)SCc2ccccc2)cc1COc1cccc([N+](=O)[O-])c1. The molecule has 32 heavy (non-hydrogen) atoms. The molecule has 0 amide bonds. The van der Waals surface area contributed by atoms with E-state index in [0.29, 0.717) is 22.4 Å². The van der Waals surface area contributed by atoms with Crippen LogP contribution >= 0.6 is 11.8 Å². The second-order valence-electron chi connectivity index (χ2n) is 6.57. The van der Waals surface area contributed by atoms with Crippen LogP contribution in [0.4, 0.5) is 5.69 Å². The van der Waals surface area contributed by atoms with E-state index in [1.807, 2.05) is 42.5 Å². The number of non-ortho nitro benzene ring substituents is 1. The summed E-state index contributed by atoms with van der Waals surface area (Å²) >= 11 is 1.41. The molecule has 0 saturated heterocycles. The fourth-order valence-electron chi connectivity index (χ4n) is 2.75. The number of nitro groups is 1.